The predicted octanol–water partition coefficient (Wildman–Crippen LogP) is 2.76. The molecule has 0 bridgehead atoms. The van der Waals surface area contributed by atoms with Crippen molar-refractivity contribution in [3.63, 3.8) is 0 Å². The summed E-state index contributed by atoms with van der Waals surface area (Å²) in [6.45, 7) is 0. The molecular weight excluding hydrogens is 212 g/mol. The van der Waals surface area contributed by atoms with E-state index in [9.17, 15) is 0 Å². The van der Waals surface area contributed by atoms with E-state index in [4.69, 9.17) is 4.74 Å². The van der Waals surface area contributed by atoms with Crippen LogP contribution in [0.15, 0.2) is 0 Å². The maximum atomic E-state index is 5.53. The van der Waals surface area contributed by atoms with E-state index in [1.165, 1.54) is 64.2 Å². The lowest BCUT2D eigenvalue weighted by molar-refractivity contribution is 0.0185. The van der Waals surface area contributed by atoms with Crippen LogP contribution >= 0.6 is 0 Å². The van der Waals surface area contributed by atoms with Crippen LogP contribution in [0, 0.1) is 0 Å². The van der Waals surface area contributed by atoms with Gasteiger partial charge in [-0.05, 0) is 25.7 Å². The number of hydrogen-bond acceptors (Lipinski definition) is 3. The van der Waals surface area contributed by atoms with Crippen molar-refractivity contribution in [3.8, 4) is 0 Å². The van der Waals surface area contributed by atoms with Gasteiger partial charge in [0.25, 0.3) is 0 Å². The van der Waals surface area contributed by atoms with Crippen molar-refractivity contribution < 1.29 is 4.74 Å². The van der Waals surface area contributed by atoms with Gasteiger partial charge in [-0.3, -0.25) is 10.6 Å². The first-order valence-corrected chi connectivity index (χ1v) is 7.43. The fraction of sp³-hybridized carbons (Fsp3) is 1.00. The fourth-order valence-corrected chi connectivity index (χ4v) is 3.15. The molecule has 2 fully saturated rings. The van der Waals surface area contributed by atoms with Crippen LogP contribution in [-0.2, 0) is 4.74 Å². The van der Waals surface area contributed by atoms with E-state index in [1.807, 2.05) is 0 Å². The monoisotopic (exact) mass is 240 g/mol. The minimum atomic E-state index is 0.0567. The molecule has 2 saturated carbocycles. The van der Waals surface area contributed by atoms with E-state index in [2.05, 4.69) is 10.6 Å². The van der Waals surface area contributed by atoms with Crippen molar-refractivity contribution in [1.82, 2.24) is 10.6 Å². The van der Waals surface area contributed by atoms with E-state index in [0.29, 0.717) is 12.1 Å². The van der Waals surface area contributed by atoms with Gasteiger partial charge < -0.3 is 4.74 Å². The van der Waals surface area contributed by atoms with Gasteiger partial charge in [0.05, 0.1) is 0 Å². The highest BCUT2D eigenvalue weighted by molar-refractivity contribution is 4.77. The van der Waals surface area contributed by atoms with Crippen LogP contribution in [0.25, 0.3) is 0 Å². The van der Waals surface area contributed by atoms with Crippen LogP contribution in [0.3, 0.4) is 0 Å². The van der Waals surface area contributed by atoms with Gasteiger partial charge in [-0.15, -0.1) is 0 Å². The van der Waals surface area contributed by atoms with E-state index in [-0.39, 0.29) is 6.35 Å². The smallest absolute Gasteiger partial charge is 0.163 e. The molecule has 2 aliphatic carbocycles. The molecule has 100 valence electrons. The Morgan fingerprint density at radius 1 is 0.765 bits per heavy atom. The zero-order chi connectivity index (χ0) is 11.9. The van der Waals surface area contributed by atoms with Gasteiger partial charge in [-0.2, -0.15) is 0 Å². The third kappa shape index (κ3) is 4.57. The molecule has 0 atom stereocenters. The van der Waals surface area contributed by atoms with Gasteiger partial charge in [-0.25, -0.2) is 0 Å². The minimum Gasteiger partial charge on any atom is -0.353 e. The molecule has 0 saturated heterocycles. The molecule has 0 aliphatic heterocycles. The van der Waals surface area contributed by atoms with E-state index >= 15 is 0 Å². The van der Waals surface area contributed by atoms with Crippen LogP contribution in [0.2, 0.25) is 0 Å². The average molecular weight is 240 g/mol. The van der Waals surface area contributed by atoms with Crippen molar-refractivity contribution >= 4 is 0 Å². The summed E-state index contributed by atoms with van der Waals surface area (Å²) in [5.74, 6) is 0. The first-order chi connectivity index (χ1) is 8.38. The highest BCUT2D eigenvalue weighted by atomic mass is 16.5. The molecule has 2 N–H and O–H groups in total. The summed E-state index contributed by atoms with van der Waals surface area (Å²) in [6.07, 6.45) is 13.6. The third-order valence-electron chi connectivity index (χ3n) is 4.22. The quantitative estimate of drug-likeness (QED) is 0.725. The normalized spacial score (nSPS) is 24.4. The Morgan fingerprint density at radius 3 is 1.53 bits per heavy atom. The van der Waals surface area contributed by atoms with Gasteiger partial charge in [0.1, 0.15) is 0 Å². The summed E-state index contributed by atoms with van der Waals surface area (Å²) in [4.78, 5) is 0. The summed E-state index contributed by atoms with van der Waals surface area (Å²) >= 11 is 0. The Bertz CT molecular complexity index is 178. The van der Waals surface area contributed by atoms with Gasteiger partial charge >= 0.3 is 0 Å². The molecular formula is C14H28N2O. The molecule has 0 unspecified atom stereocenters. The highest BCUT2D eigenvalue weighted by Gasteiger charge is 2.21. The largest absolute Gasteiger partial charge is 0.353 e. The first kappa shape index (κ1) is 13.3. The summed E-state index contributed by atoms with van der Waals surface area (Å²) < 4.78 is 5.53. The van der Waals surface area contributed by atoms with Crippen molar-refractivity contribution in [1.29, 1.82) is 0 Å². The Kier molecular flexibility index (Phi) is 5.75. The summed E-state index contributed by atoms with van der Waals surface area (Å²) in [5.41, 5.74) is 0. The highest BCUT2D eigenvalue weighted by Crippen LogP contribution is 2.19. The topological polar surface area (TPSA) is 33.3 Å². The summed E-state index contributed by atoms with van der Waals surface area (Å²) in [5, 5.41) is 7.24. The third-order valence-corrected chi connectivity index (χ3v) is 4.22. The summed E-state index contributed by atoms with van der Waals surface area (Å²) in [7, 11) is 1.80. The Hall–Kier alpha value is -0.120. The van der Waals surface area contributed by atoms with Gasteiger partial charge in [0.15, 0.2) is 6.35 Å². The zero-order valence-electron chi connectivity index (χ0n) is 11.2. The number of ether oxygens (including phenoxy) is 1. The SMILES string of the molecule is COC(NC1CCCCC1)NC1CCCCC1. The van der Waals surface area contributed by atoms with E-state index < -0.39 is 0 Å². The van der Waals surface area contributed by atoms with Crippen molar-refractivity contribution in [2.45, 2.75) is 82.6 Å². The maximum Gasteiger partial charge on any atom is 0.163 e. The Labute approximate surface area is 106 Å². The molecule has 17 heavy (non-hydrogen) atoms. The molecule has 0 spiro atoms. The number of hydrogen-bond donors (Lipinski definition) is 2. The number of rotatable bonds is 5. The predicted molar refractivity (Wildman–Crippen MR) is 70.8 cm³/mol. The van der Waals surface area contributed by atoms with Crippen LogP contribution in [0.1, 0.15) is 64.2 Å². The second-order valence-corrected chi connectivity index (χ2v) is 5.62. The number of nitrogens with one attached hydrogen (secondary N) is 2. The molecule has 0 heterocycles. The van der Waals surface area contributed by atoms with E-state index in [1.54, 1.807) is 7.11 Å². The van der Waals surface area contributed by atoms with Crippen molar-refractivity contribution in [3.05, 3.63) is 0 Å². The van der Waals surface area contributed by atoms with Crippen LogP contribution < -0.4 is 10.6 Å². The van der Waals surface area contributed by atoms with Gasteiger partial charge in [0.2, 0.25) is 0 Å². The second-order valence-electron chi connectivity index (χ2n) is 5.62. The fourth-order valence-electron chi connectivity index (χ4n) is 3.15. The van der Waals surface area contributed by atoms with Crippen molar-refractivity contribution in [2.24, 2.45) is 0 Å². The molecule has 0 aromatic rings. The molecule has 3 nitrogen and oxygen atoms in total. The van der Waals surface area contributed by atoms with Gasteiger partial charge in [-0.1, -0.05) is 38.5 Å². The lowest BCUT2D eigenvalue weighted by Gasteiger charge is -2.32. The van der Waals surface area contributed by atoms with Crippen LogP contribution in [-0.4, -0.2) is 25.5 Å². The minimum absolute atomic E-state index is 0.0567. The molecule has 0 aromatic carbocycles. The van der Waals surface area contributed by atoms with Crippen LogP contribution in [0.4, 0.5) is 0 Å². The van der Waals surface area contributed by atoms with Crippen molar-refractivity contribution in [2.75, 3.05) is 7.11 Å². The van der Waals surface area contributed by atoms with E-state index in [0.717, 1.165) is 0 Å². The average Bonchev–Trinajstić information content (AvgIpc) is 2.40. The zero-order valence-corrected chi connectivity index (χ0v) is 11.2. The Morgan fingerprint density at radius 2 is 1.18 bits per heavy atom. The molecule has 0 radical (unpaired) electrons. The molecule has 0 aromatic heterocycles. The number of methoxy groups -OCH3 is 1. The molecule has 3 heteroatoms. The second kappa shape index (κ2) is 7.34. The van der Waals surface area contributed by atoms with Crippen LogP contribution in [0.5, 0.6) is 0 Å². The lowest BCUT2D eigenvalue weighted by atomic mass is 9.95. The maximum absolute atomic E-state index is 5.53. The standard InChI is InChI=1S/C14H28N2O/c1-17-14(15-12-8-4-2-5-9-12)16-13-10-6-3-7-11-13/h12-16H,2-11H2,1H3. The summed E-state index contributed by atoms with van der Waals surface area (Å²) in [6, 6.07) is 1.31. The molecule has 0 amide bonds. The van der Waals surface area contributed by atoms with Gasteiger partial charge in [0, 0.05) is 19.2 Å². The molecule has 2 aliphatic rings. The molecule has 2 rings (SSSR count). The lowest BCUT2D eigenvalue weighted by Crippen LogP contribution is -2.52. The Balaban J connectivity index is 1.71. The first-order valence-electron chi connectivity index (χ1n) is 7.43.